The van der Waals surface area contributed by atoms with E-state index in [1.54, 1.807) is 11.0 Å². The zero-order valence-corrected chi connectivity index (χ0v) is 9.82. The Labute approximate surface area is 95.6 Å². The maximum Gasteiger partial charge on any atom is 0.256 e. The van der Waals surface area contributed by atoms with Crippen molar-refractivity contribution in [1.82, 2.24) is 10.2 Å². The predicted octanol–water partition coefficient (Wildman–Crippen LogP) is 1.41. The average Bonchev–Trinajstić information content (AvgIpc) is 2.88. The van der Waals surface area contributed by atoms with E-state index in [1.165, 1.54) is 12.7 Å². The van der Waals surface area contributed by atoms with Gasteiger partial charge in [-0.05, 0) is 32.4 Å². The van der Waals surface area contributed by atoms with Crippen molar-refractivity contribution in [1.29, 1.82) is 0 Å². The fraction of sp³-hybridized carbons (Fsp3) is 0.583. The number of hydrogen-bond acceptors (Lipinski definition) is 3. The highest BCUT2D eigenvalue weighted by atomic mass is 16.3. The normalized spacial score (nSPS) is 20.0. The van der Waals surface area contributed by atoms with Gasteiger partial charge in [-0.2, -0.15) is 0 Å². The third-order valence-corrected chi connectivity index (χ3v) is 2.98. The number of nitrogens with one attached hydrogen (secondary N) is 1. The summed E-state index contributed by atoms with van der Waals surface area (Å²) >= 11 is 0. The van der Waals surface area contributed by atoms with Gasteiger partial charge in [0.15, 0.2) is 0 Å². The summed E-state index contributed by atoms with van der Waals surface area (Å²) in [4.78, 5) is 13.7. The molecule has 88 valence electrons. The molecule has 16 heavy (non-hydrogen) atoms. The smallest absolute Gasteiger partial charge is 0.256 e. The Morgan fingerprint density at radius 3 is 3.06 bits per heavy atom. The molecular weight excluding hydrogens is 204 g/mol. The Morgan fingerprint density at radius 1 is 1.69 bits per heavy atom. The van der Waals surface area contributed by atoms with Crippen LogP contribution in [0.25, 0.3) is 0 Å². The van der Waals surface area contributed by atoms with Crippen LogP contribution in [0.5, 0.6) is 0 Å². The van der Waals surface area contributed by atoms with Crippen LogP contribution in [0.3, 0.4) is 0 Å². The first-order chi connectivity index (χ1) is 7.66. The molecule has 4 heteroatoms. The summed E-state index contributed by atoms with van der Waals surface area (Å²) in [6.07, 6.45) is 3.88. The zero-order valence-electron chi connectivity index (χ0n) is 9.82. The van der Waals surface area contributed by atoms with Gasteiger partial charge in [0, 0.05) is 19.6 Å². The second kappa shape index (κ2) is 4.70. The van der Waals surface area contributed by atoms with Gasteiger partial charge < -0.3 is 14.6 Å². The minimum absolute atomic E-state index is 0.0329. The van der Waals surface area contributed by atoms with Crippen LogP contribution in [-0.4, -0.2) is 37.0 Å². The summed E-state index contributed by atoms with van der Waals surface area (Å²) in [5, 5.41) is 3.38. The van der Waals surface area contributed by atoms with Gasteiger partial charge in [-0.15, -0.1) is 0 Å². The van der Waals surface area contributed by atoms with Gasteiger partial charge in [0.2, 0.25) is 0 Å². The summed E-state index contributed by atoms with van der Waals surface area (Å²) in [5.41, 5.74) is 0.637. The molecular formula is C12H18N2O2. The first-order valence-electron chi connectivity index (χ1n) is 5.71. The van der Waals surface area contributed by atoms with E-state index in [1.807, 2.05) is 14.0 Å². The Hall–Kier alpha value is -1.29. The fourth-order valence-electron chi connectivity index (χ4n) is 2.10. The number of furan rings is 1. The standard InChI is InChI=1S/C12H18N2O2/c1-9-6-10(8-16-9)12(15)14(2)7-11-4-3-5-13-11/h6,8,11,13H,3-5,7H2,1-2H3. The molecule has 1 saturated heterocycles. The van der Waals surface area contributed by atoms with Gasteiger partial charge in [0.1, 0.15) is 12.0 Å². The van der Waals surface area contributed by atoms with Gasteiger partial charge in [-0.25, -0.2) is 0 Å². The number of carbonyl (C=O) groups is 1. The zero-order chi connectivity index (χ0) is 11.5. The number of aryl methyl sites for hydroxylation is 1. The highest BCUT2D eigenvalue weighted by molar-refractivity contribution is 5.93. The van der Waals surface area contributed by atoms with E-state index >= 15 is 0 Å². The van der Waals surface area contributed by atoms with Gasteiger partial charge in [0.25, 0.3) is 5.91 Å². The van der Waals surface area contributed by atoms with Crippen molar-refractivity contribution in [3.8, 4) is 0 Å². The molecule has 1 aliphatic rings. The molecule has 0 radical (unpaired) electrons. The number of carbonyl (C=O) groups excluding carboxylic acids is 1. The highest BCUT2D eigenvalue weighted by Gasteiger charge is 2.20. The molecule has 0 spiro atoms. The van der Waals surface area contributed by atoms with E-state index in [2.05, 4.69) is 5.32 Å². The van der Waals surface area contributed by atoms with Crippen LogP contribution in [0.15, 0.2) is 16.7 Å². The predicted molar refractivity (Wildman–Crippen MR) is 61.4 cm³/mol. The van der Waals surface area contributed by atoms with Crippen LogP contribution >= 0.6 is 0 Å². The number of nitrogens with zero attached hydrogens (tertiary/aromatic N) is 1. The molecule has 2 rings (SSSR count). The van der Waals surface area contributed by atoms with Crippen molar-refractivity contribution in [3.05, 3.63) is 23.7 Å². The summed E-state index contributed by atoms with van der Waals surface area (Å²) < 4.78 is 5.14. The molecule has 1 aromatic rings. The summed E-state index contributed by atoms with van der Waals surface area (Å²) in [7, 11) is 1.84. The van der Waals surface area contributed by atoms with Crippen molar-refractivity contribution in [2.24, 2.45) is 0 Å². The number of rotatable bonds is 3. The van der Waals surface area contributed by atoms with E-state index in [0.717, 1.165) is 25.3 Å². The highest BCUT2D eigenvalue weighted by Crippen LogP contribution is 2.11. The number of hydrogen-bond donors (Lipinski definition) is 1. The lowest BCUT2D eigenvalue weighted by molar-refractivity contribution is 0.0783. The molecule has 0 aliphatic carbocycles. The Bertz CT molecular complexity index is 367. The van der Waals surface area contributed by atoms with Gasteiger partial charge in [-0.1, -0.05) is 0 Å². The van der Waals surface area contributed by atoms with Gasteiger partial charge >= 0.3 is 0 Å². The second-order valence-corrected chi connectivity index (χ2v) is 4.42. The molecule has 0 saturated carbocycles. The lowest BCUT2D eigenvalue weighted by atomic mass is 10.2. The first kappa shape index (κ1) is 11.2. The molecule has 1 aromatic heterocycles. The number of likely N-dealkylation sites (N-methyl/N-ethyl adjacent to an activating group) is 1. The molecule has 1 fully saturated rings. The quantitative estimate of drug-likeness (QED) is 0.841. The Balaban J connectivity index is 1.93. The molecule has 1 N–H and O–H groups in total. The summed E-state index contributed by atoms with van der Waals surface area (Å²) in [5.74, 6) is 0.807. The van der Waals surface area contributed by atoms with E-state index in [0.29, 0.717) is 11.6 Å². The Kier molecular flexibility index (Phi) is 3.29. The molecule has 1 unspecified atom stereocenters. The number of amides is 1. The fourth-order valence-corrected chi connectivity index (χ4v) is 2.10. The van der Waals surface area contributed by atoms with E-state index in [-0.39, 0.29) is 5.91 Å². The average molecular weight is 222 g/mol. The minimum atomic E-state index is 0.0329. The third kappa shape index (κ3) is 2.44. The van der Waals surface area contributed by atoms with Gasteiger partial charge in [0.05, 0.1) is 5.56 Å². The van der Waals surface area contributed by atoms with Crippen molar-refractivity contribution in [3.63, 3.8) is 0 Å². The van der Waals surface area contributed by atoms with Crippen LogP contribution in [0.2, 0.25) is 0 Å². The SMILES string of the molecule is Cc1cc(C(=O)N(C)CC2CCCN2)co1. The van der Waals surface area contributed by atoms with Crippen LogP contribution in [0, 0.1) is 6.92 Å². The van der Waals surface area contributed by atoms with E-state index < -0.39 is 0 Å². The van der Waals surface area contributed by atoms with Gasteiger partial charge in [-0.3, -0.25) is 4.79 Å². The van der Waals surface area contributed by atoms with Crippen molar-refractivity contribution < 1.29 is 9.21 Å². The second-order valence-electron chi connectivity index (χ2n) is 4.42. The van der Waals surface area contributed by atoms with E-state index in [9.17, 15) is 4.79 Å². The monoisotopic (exact) mass is 222 g/mol. The molecule has 1 amide bonds. The maximum absolute atomic E-state index is 12.0. The minimum Gasteiger partial charge on any atom is -0.469 e. The first-order valence-corrected chi connectivity index (χ1v) is 5.71. The molecule has 4 nitrogen and oxygen atoms in total. The molecule has 1 atom stereocenters. The van der Waals surface area contributed by atoms with E-state index in [4.69, 9.17) is 4.42 Å². The van der Waals surface area contributed by atoms with Crippen molar-refractivity contribution in [2.75, 3.05) is 20.1 Å². The van der Waals surface area contributed by atoms with Crippen LogP contribution in [0.4, 0.5) is 0 Å². The molecule has 0 bridgehead atoms. The van der Waals surface area contributed by atoms with Crippen LogP contribution in [0.1, 0.15) is 29.0 Å². The lowest BCUT2D eigenvalue weighted by Crippen LogP contribution is -2.38. The topological polar surface area (TPSA) is 45.5 Å². The third-order valence-electron chi connectivity index (χ3n) is 2.98. The van der Waals surface area contributed by atoms with Crippen molar-refractivity contribution in [2.45, 2.75) is 25.8 Å². The maximum atomic E-state index is 12.0. The summed E-state index contributed by atoms with van der Waals surface area (Å²) in [6, 6.07) is 2.22. The van der Waals surface area contributed by atoms with Crippen LogP contribution < -0.4 is 5.32 Å². The lowest BCUT2D eigenvalue weighted by Gasteiger charge is -2.20. The largest absolute Gasteiger partial charge is 0.469 e. The molecule has 2 heterocycles. The Morgan fingerprint density at radius 2 is 2.50 bits per heavy atom. The van der Waals surface area contributed by atoms with Crippen molar-refractivity contribution >= 4 is 5.91 Å². The van der Waals surface area contributed by atoms with Crippen LogP contribution in [-0.2, 0) is 0 Å². The molecule has 0 aromatic carbocycles. The summed E-state index contributed by atoms with van der Waals surface area (Å²) in [6.45, 7) is 3.68. The molecule has 1 aliphatic heterocycles.